The summed E-state index contributed by atoms with van der Waals surface area (Å²) in [5.74, 6) is -0.136. The second kappa shape index (κ2) is 10.1. The van der Waals surface area contributed by atoms with Gasteiger partial charge in [-0.25, -0.2) is 0 Å². The molecule has 1 aromatic heterocycles. The van der Waals surface area contributed by atoms with E-state index in [0.29, 0.717) is 18.2 Å². The lowest BCUT2D eigenvalue weighted by Crippen LogP contribution is -2.08. The maximum absolute atomic E-state index is 11.3. The number of fused-ring (bicyclic) bond motifs is 1. The number of rotatable bonds is 11. The summed E-state index contributed by atoms with van der Waals surface area (Å²) in [6.45, 7) is 6.76. The van der Waals surface area contributed by atoms with Gasteiger partial charge in [0.05, 0.1) is 18.7 Å². The molecule has 0 saturated heterocycles. The van der Waals surface area contributed by atoms with E-state index in [-0.39, 0.29) is 12.3 Å². The Bertz CT molecular complexity index is 963. The van der Waals surface area contributed by atoms with Crippen LogP contribution < -0.4 is 10.1 Å². The van der Waals surface area contributed by atoms with Crippen molar-refractivity contribution in [1.29, 1.82) is 0 Å². The van der Waals surface area contributed by atoms with Crippen LogP contribution in [-0.2, 0) is 11.2 Å². The first-order valence-electron chi connectivity index (χ1n) is 10.7. The van der Waals surface area contributed by atoms with Crippen molar-refractivity contribution in [3.8, 4) is 5.75 Å². The van der Waals surface area contributed by atoms with Crippen LogP contribution in [0.5, 0.6) is 5.75 Å². The molecule has 1 atom stereocenters. The van der Waals surface area contributed by atoms with Crippen molar-refractivity contribution in [2.45, 2.75) is 58.8 Å². The number of nitrogens with one attached hydrogen (secondary N) is 1. The van der Waals surface area contributed by atoms with E-state index < -0.39 is 5.97 Å². The highest BCUT2D eigenvalue weighted by Crippen LogP contribution is 2.37. The molecule has 160 valence electrons. The SMILES string of the molecule is CCCCc1cc(C(C)CC(=O)O)cc(Nc2nc3ccccc3o2)c1OCCC. The molecule has 1 heterocycles. The van der Waals surface area contributed by atoms with Gasteiger partial charge in [-0.15, -0.1) is 0 Å². The molecule has 3 aromatic rings. The summed E-state index contributed by atoms with van der Waals surface area (Å²) < 4.78 is 12.0. The Morgan fingerprint density at radius 2 is 2.03 bits per heavy atom. The fourth-order valence-corrected chi connectivity index (χ4v) is 3.44. The monoisotopic (exact) mass is 410 g/mol. The van der Waals surface area contributed by atoms with Gasteiger partial charge in [0.1, 0.15) is 11.3 Å². The van der Waals surface area contributed by atoms with E-state index in [1.54, 1.807) is 0 Å². The van der Waals surface area contributed by atoms with E-state index in [4.69, 9.17) is 9.15 Å². The van der Waals surface area contributed by atoms with E-state index in [0.717, 1.165) is 53.8 Å². The topological polar surface area (TPSA) is 84.6 Å². The minimum absolute atomic E-state index is 0.0741. The molecule has 0 radical (unpaired) electrons. The normalized spacial score (nSPS) is 12.1. The van der Waals surface area contributed by atoms with Gasteiger partial charge in [-0.2, -0.15) is 4.98 Å². The van der Waals surface area contributed by atoms with Gasteiger partial charge in [-0.3, -0.25) is 4.79 Å². The zero-order valence-corrected chi connectivity index (χ0v) is 17.9. The Morgan fingerprint density at radius 1 is 1.23 bits per heavy atom. The Labute approximate surface area is 177 Å². The number of carbonyl (C=O) groups is 1. The van der Waals surface area contributed by atoms with Gasteiger partial charge in [-0.05, 0) is 54.5 Å². The van der Waals surface area contributed by atoms with Gasteiger partial charge in [0.25, 0.3) is 6.01 Å². The van der Waals surface area contributed by atoms with Gasteiger partial charge in [0, 0.05) is 0 Å². The number of unbranched alkanes of at least 4 members (excludes halogenated alkanes) is 1. The molecule has 0 spiro atoms. The summed E-state index contributed by atoms with van der Waals surface area (Å²) in [5, 5.41) is 12.5. The first kappa shape index (κ1) is 21.7. The number of hydrogen-bond donors (Lipinski definition) is 2. The second-order valence-electron chi connectivity index (χ2n) is 7.62. The van der Waals surface area contributed by atoms with Crippen LogP contribution in [0, 0.1) is 0 Å². The van der Waals surface area contributed by atoms with Crippen LogP contribution in [0.1, 0.15) is 63.5 Å². The summed E-state index contributed by atoms with van der Waals surface area (Å²) in [4.78, 5) is 15.8. The minimum atomic E-state index is -0.808. The lowest BCUT2D eigenvalue weighted by atomic mass is 9.93. The Hall–Kier alpha value is -3.02. The van der Waals surface area contributed by atoms with Gasteiger partial charge in [0.2, 0.25) is 0 Å². The van der Waals surface area contributed by atoms with Gasteiger partial charge in [0.15, 0.2) is 5.58 Å². The average Bonchev–Trinajstić information content (AvgIpc) is 3.13. The third-order valence-corrected chi connectivity index (χ3v) is 5.02. The number of benzene rings is 2. The van der Waals surface area contributed by atoms with E-state index in [1.165, 1.54) is 0 Å². The maximum Gasteiger partial charge on any atom is 0.303 e. The molecule has 3 rings (SSSR count). The minimum Gasteiger partial charge on any atom is -0.491 e. The van der Waals surface area contributed by atoms with Crippen LogP contribution in [0.25, 0.3) is 11.1 Å². The van der Waals surface area contributed by atoms with Crippen molar-refractivity contribution >= 4 is 28.8 Å². The molecule has 30 heavy (non-hydrogen) atoms. The number of nitrogens with zero attached hydrogens (tertiary/aromatic N) is 1. The van der Waals surface area contributed by atoms with Crippen LogP contribution in [0.2, 0.25) is 0 Å². The molecule has 2 aromatic carbocycles. The number of carboxylic acids is 1. The van der Waals surface area contributed by atoms with E-state index in [2.05, 4.69) is 30.2 Å². The maximum atomic E-state index is 11.3. The van der Waals surface area contributed by atoms with Crippen molar-refractivity contribution in [3.63, 3.8) is 0 Å². The fraction of sp³-hybridized carbons (Fsp3) is 0.417. The largest absolute Gasteiger partial charge is 0.491 e. The van der Waals surface area contributed by atoms with Crippen molar-refractivity contribution in [2.75, 3.05) is 11.9 Å². The lowest BCUT2D eigenvalue weighted by molar-refractivity contribution is -0.137. The molecule has 0 amide bonds. The quantitative estimate of drug-likeness (QED) is 0.387. The van der Waals surface area contributed by atoms with E-state index >= 15 is 0 Å². The highest BCUT2D eigenvalue weighted by molar-refractivity contribution is 5.76. The van der Waals surface area contributed by atoms with Crippen LogP contribution in [0.15, 0.2) is 40.8 Å². The molecule has 6 nitrogen and oxygen atoms in total. The number of carboxylic acid groups (broad SMARTS) is 1. The average molecular weight is 411 g/mol. The van der Waals surface area contributed by atoms with Crippen molar-refractivity contribution in [3.05, 3.63) is 47.5 Å². The Balaban J connectivity index is 2.03. The number of ether oxygens (including phenoxy) is 1. The number of anilines is 2. The molecule has 0 saturated carbocycles. The van der Waals surface area contributed by atoms with Crippen molar-refractivity contribution in [2.24, 2.45) is 0 Å². The predicted molar refractivity (Wildman–Crippen MR) is 119 cm³/mol. The summed E-state index contributed by atoms with van der Waals surface area (Å²) >= 11 is 0. The highest BCUT2D eigenvalue weighted by atomic mass is 16.5. The first-order valence-corrected chi connectivity index (χ1v) is 10.7. The molecule has 0 fully saturated rings. The molecular weight excluding hydrogens is 380 g/mol. The molecule has 0 aliphatic carbocycles. The third-order valence-electron chi connectivity index (χ3n) is 5.02. The number of oxazole rings is 1. The standard InChI is InChI=1S/C24H30N2O4/c1-4-6-9-17-14-18(16(3)13-22(27)28)15-20(23(17)29-12-5-2)26-24-25-19-10-7-8-11-21(19)30-24/h7-8,10-11,14-16H,4-6,9,12-13H2,1-3H3,(H,25,26)(H,27,28). The predicted octanol–water partition coefficient (Wildman–Crippen LogP) is 6.28. The number of aryl methyl sites for hydroxylation is 1. The highest BCUT2D eigenvalue weighted by Gasteiger charge is 2.19. The smallest absolute Gasteiger partial charge is 0.303 e. The molecule has 0 aliphatic rings. The van der Waals surface area contributed by atoms with Crippen LogP contribution in [0.4, 0.5) is 11.7 Å². The van der Waals surface area contributed by atoms with Gasteiger partial charge < -0.3 is 19.6 Å². The van der Waals surface area contributed by atoms with Gasteiger partial charge >= 0.3 is 5.97 Å². The molecule has 2 N–H and O–H groups in total. The summed E-state index contributed by atoms with van der Waals surface area (Å²) in [6.07, 6.45) is 3.93. The molecule has 6 heteroatoms. The Morgan fingerprint density at radius 3 is 2.73 bits per heavy atom. The molecule has 0 aliphatic heterocycles. The molecular formula is C24H30N2O4. The molecule has 0 bridgehead atoms. The van der Waals surface area contributed by atoms with Crippen LogP contribution >= 0.6 is 0 Å². The number of hydrogen-bond acceptors (Lipinski definition) is 5. The summed E-state index contributed by atoms with van der Waals surface area (Å²) in [7, 11) is 0. The van der Waals surface area contributed by atoms with Crippen LogP contribution in [0.3, 0.4) is 0 Å². The van der Waals surface area contributed by atoms with E-state index in [9.17, 15) is 9.90 Å². The van der Waals surface area contributed by atoms with E-state index in [1.807, 2.05) is 37.3 Å². The zero-order valence-electron chi connectivity index (χ0n) is 17.9. The van der Waals surface area contributed by atoms with Crippen LogP contribution in [-0.4, -0.2) is 22.7 Å². The third kappa shape index (κ3) is 5.32. The number of aromatic nitrogens is 1. The number of para-hydroxylation sites is 2. The lowest BCUT2D eigenvalue weighted by Gasteiger charge is -2.20. The fourth-order valence-electron chi connectivity index (χ4n) is 3.44. The summed E-state index contributed by atoms with van der Waals surface area (Å²) in [6, 6.07) is 12.0. The van der Waals surface area contributed by atoms with Gasteiger partial charge in [-0.1, -0.05) is 45.4 Å². The second-order valence-corrected chi connectivity index (χ2v) is 7.62. The zero-order chi connectivity index (χ0) is 21.5. The van der Waals surface area contributed by atoms with Crippen molar-refractivity contribution in [1.82, 2.24) is 4.98 Å². The first-order chi connectivity index (χ1) is 14.5. The Kier molecular flexibility index (Phi) is 7.33. The van der Waals surface area contributed by atoms with Crippen molar-refractivity contribution < 1.29 is 19.1 Å². The molecule has 1 unspecified atom stereocenters. The number of aliphatic carboxylic acids is 1. The summed E-state index contributed by atoms with van der Waals surface area (Å²) in [5.41, 5.74) is 4.29.